The molecule has 10 nitrogen and oxygen atoms in total. The average Bonchev–Trinajstić information content (AvgIpc) is 3.37. The standard InChI is InChI=1S/C16H20N2S.C15H18N2O2S.C15H17NO2S.C15H17NS/c1-11(2)18-14-6-8-16(12(3)9-14)19-15-7-5-13(4)17-10-15;1-11(2)17-13-5-8-14(9-6-13)20(18,19)15-7-4-12(3)16-10-15;1-12(2)16-13-8-10-15(11-9-13)19(17,18)14-6-4-3-5-7-14;1-12(2)16-13-8-10-15(11-9-13)17-14-6-4-3-5-7-14/h5-11,18H,1-4H3;4-11,17H,1-3H3;3-12,16H,1-2H3;3-12,16H,1-2H3. The number of anilines is 4. The highest BCUT2D eigenvalue weighted by Crippen LogP contribution is 2.32. The van der Waals surface area contributed by atoms with E-state index in [1.165, 1.54) is 42.7 Å². The minimum Gasteiger partial charge on any atom is -0.383 e. The Kier molecular flexibility index (Phi) is 22.9. The van der Waals surface area contributed by atoms with Crippen LogP contribution in [0.1, 0.15) is 72.3 Å². The maximum absolute atomic E-state index is 12.4. The number of aromatic nitrogens is 2. The summed E-state index contributed by atoms with van der Waals surface area (Å²) in [7, 11) is -6.90. The van der Waals surface area contributed by atoms with Gasteiger partial charge in [0.15, 0.2) is 0 Å². The van der Waals surface area contributed by atoms with Gasteiger partial charge in [-0.3, -0.25) is 9.97 Å². The first-order chi connectivity index (χ1) is 35.7. The predicted octanol–water partition coefficient (Wildman–Crippen LogP) is 15.7. The van der Waals surface area contributed by atoms with E-state index in [0.29, 0.717) is 34.0 Å². The second-order valence-electron chi connectivity index (χ2n) is 18.9. The lowest BCUT2D eigenvalue weighted by atomic mass is 10.2. The van der Waals surface area contributed by atoms with Crippen molar-refractivity contribution < 1.29 is 16.8 Å². The van der Waals surface area contributed by atoms with Crippen LogP contribution in [0.4, 0.5) is 22.7 Å². The second-order valence-corrected chi connectivity index (χ2v) is 25.0. The van der Waals surface area contributed by atoms with Gasteiger partial charge in [-0.25, -0.2) is 16.8 Å². The lowest BCUT2D eigenvalue weighted by Gasteiger charge is -2.12. The number of rotatable bonds is 16. The molecule has 6 aromatic carbocycles. The first-order valence-corrected chi connectivity index (χ1v) is 29.6. The van der Waals surface area contributed by atoms with Crippen LogP contribution in [-0.2, 0) is 19.7 Å². The third-order valence-corrected chi connectivity index (χ3v) is 16.2. The summed E-state index contributed by atoms with van der Waals surface area (Å²) in [5.74, 6) is 0. The number of nitrogens with zero attached hydrogens (tertiary/aromatic N) is 2. The van der Waals surface area contributed by atoms with E-state index >= 15 is 0 Å². The Labute approximate surface area is 455 Å². The molecule has 75 heavy (non-hydrogen) atoms. The predicted molar refractivity (Wildman–Crippen MR) is 316 cm³/mol. The van der Waals surface area contributed by atoms with Crippen LogP contribution < -0.4 is 21.3 Å². The van der Waals surface area contributed by atoms with E-state index < -0.39 is 19.7 Å². The fourth-order valence-electron chi connectivity index (χ4n) is 7.02. The zero-order chi connectivity index (χ0) is 54.5. The zero-order valence-electron chi connectivity index (χ0n) is 44.9. The van der Waals surface area contributed by atoms with E-state index in [4.69, 9.17) is 0 Å². The maximum Gasteiger partial charge on any atom is 0.208 e. The Bertz CT molecular complexity index is 3180. The second kappa shape index (κ2) is 28.9. The van der Waals surface area contributed by atoms with Crippen molar-refractivity contribution in [2.45, 2.75) is 139 Å². The molecule has 0 aliphatic heterocycles. The van der Waals surface area contributed by atoms with Gasteiger partial charge in [0.25, 0.3) is 0 Å². The van der Waals surface area contributed by atoms with Crippen LogP contribution in [0.3, 0.4) is 0 Å². The molecular formula is C61H72N6O4S4. The minimum absolute atomic E-state index is 0.215. The third-order valence-electron chi connectivity index (χ3n) is 10.5. The van der Waals surface area contributed by atoms with Crippen molar-refractivity contribution in [1.82, 2.24) is 9.97 Å². The van der Waals surface area contributed by atoms with E-state index in [0.717, 1.165) is 22.8 Å². The molecule has 2 heterocycles. The summed E-state index contributed by atoms with van der Waals surface area (Å²) in [6.45, 7) is 22.7. The smallest absolute Gasteiger partial charge is 0.208 e. The van der Waals surface area contributed by atoms with E-state index in [1.807, 2.05) is 59.9 Å². The quantitative estimate of drug-likeness (QED) is 0.0732. The first kappa shape index (κ1) is 59.3. The van der Waals surface area contributed by atoms with Crippen molar-refractivity contribution in [3.05, 3.63) is 205 Å². The van der Waals surface area contributed by atoms with Gasteiger partial charge in [0.2, 0.25) is 19.7 Å². The third kappa shape index (κ3) is 19.9. The Morgan fingerprint density at radius 2 is 0.720 bits per heavy atom. The SMILES string of the molecule is CC(C)Nc1ccc(S(=O)(=O)c2ccccc2)cc1.CC(C)Nc1ccc(Sc2ccccc2)cc1.Cc1ccc(S(=O)(=O)c2ccc(NC(C)C)cc2)cn1.Cc1ccc(Sc2ccc(NC(C)C)cc2C)cn1. The van der Waals surface area contributed by atoms with Crippen LogP contribution in [0, 0.1) is 20.8 Å². The van der Waals surface area contributed by atoms with E-state index in [1.54, 1.807) is 115 Å². The summed E-state index contributed by atoms with van der Waals surface area (Å²) in [6, 6.07) is 56.6. The molecule has 394 valence electrons. The molecule has 0 bridgehead atoms. The average molecular weight is 1080 g/mol. The van der Waals surface area contributed by atoms with Crippen LogP contribution in [0.25, 0.3) is 0 Å². The van der Waals surface area contributed by atoms with E-state index in [9.17, 15) is 16.8 Å². The molecule has 8 aromatic rings. The van der Waals surface area contributed by atoms with Gasteiger partial charge in [-0.15, -0.1) is 0 Å². The van der Waals surface area contributed by atoms with Gasteiger partial charge in [-0.1, -0.05) is 59.9 Å². The van der Waals surface area contributed by atoms with Crippen molar-refractivity contribution in [2.24, 2.45) is 0 Å². The first-order valence-electron chi connectivity index (χ1n) is 25.0. The van der Waals surface area contributed by atoms with Crippen LogP contribution in [0.15, 0.2) is 227 Å². The molecular weight excluding hydrogens is 1010 g/mol. The Balaban J connectivity index is 0.000000185. The molecule has 0 radical (unpaired) electrons. The van der Waals surface area contributed by atoms with E-state index in [-0.39, 0.29) is 9.79 Å². The maximum atomic E-state index is 12.4. The molecule has 0 atom stereocenters. The fraction of sp³-hybridized carbons (Fsp3) is 0.246. The molecule has 0 amide bonds. The van der Waals surface area contributed by atoms with Crippen molar-refractivity contribution in [1.29, 1.82) is 0 Å². The number of nitrogens with one attached hydrogen (secondary N) is 4. The summed E-state index contributed by atoms with van der Waals surface area (Å²) >= 11 is 3.55. The van der Waals surface area contributed by atoms with E-state index in [2.05, 4.69) is 139 Å². The highest BCUT2D eigenvalue weighted by Gasteiger charge is 2.19. The number of aryl methyl sites for hydroxylation is 3. The normalized spacial score (nSPS) is 11.1. The number of pyridine rings is 2. The lowest BCUT2D eigenvalue weighted by molar-refractivity contribution is 0.594. The summed E-state index contributed by atoms with van der Waals surface area (Å²) in [5.41, 5.74) is 7.31. The van der Waals surface area contributed by atoms with Crippen LogP contribution in [-0.4, -0.2) is 51.0 Å². The molecule has 0 saturated carbocycles. The molecule has 0 aliphatic carbocycles. The van der Waals surface area contributed by atoms with Crippen molar-refractivity contribution in [3.63, 3.8) is 0 Å². The number of hydrogen-bond acceptors (Lipinski definition) is 12. The number of hydrogen-bond donors (Lipinski definition) is 4. The van der Waals surface area contributed by atoms with Crippen molar-refractivity contribution in [2.75, 3.05) is 21.3 Å². The molecule has 14 heteroatoms. The number of benzene rings is 6. The Hall–Kier alpha value is -6.58. The monoisotopic (exact) mass is 1080 g/mol. The van der Waals surface area contributed by atoms with Crippen LogP contribution in [0.5, 0.6) is 0 Å². The fourth-order valence-corrected chi connectivity index (χ4v) is 11.2. The molecule has 0 spiro atoms. The molecule has 0 aliphatic rings. The Morgan fingerprint density at radius 1 is 0.360 bits per heavy atom. The van der Waals surface area contributed by atoms with Gasteiger partial charge in [-0.05, 0) is 221 Å². The van der Waals surface area contributed by atoms with Gasteiger partial charge in [-0.2, -0.15) is 0 Å². The summed E-state index contributed by atoms with van der Waals surface area (Å²) in [4.78, 5) is 14.5. The van der Waals surface area contributed by atoms with Crippen LogP contribution in [0.2, 0.25) is 0 Å². The highest BCUT2D eigenvalue weighted by atomic mass is 32.2. The van der Waals surface area contributed by atoms with Crippen LogP contribution >= 0.6 is 23.5 Å². The molecule has 2 aromatic heterocycles. The van der Waals surface area contributed by atoms with Gasteiger partial charge < -0.3 is 21.3 Å². The zero-order valence-corrected chi connectivity index (χ0v) is 48.1. The van der Waals surface area contributed by atoms with Gasteiger partial charge >= 0.3 is 0 Å². The van der Waals surface area contributed by atoms with Gasteiger partial charge in [0.05, 0.1) is 19.6 Å². The molecule has 0 fully saturated rings. The lowest BCUT2D eigenvalue weighted by Crippen LogP contribution is -2.09. The summed E-state index contributed by atoms with van der Waals surface area (Å²) in [5, 5.41) is 13.3. The van der Waals surface area contributed by atoms with Gasteiger partial charge in [0.1, 0.15) is 0 Å². The van der Waals surface area contributed by atoms with Crippen molar-refractivity contribution >= 4 is 65.9 Å². The minimum atomic E-state index is -3.49. The molecule has 4 N–H and O–H groups in total. The molecule has 0 saturated heterocycles. The van der Waals surface area contributed by atoms with Gasteiger partial charge in [0, 0.05) is 90.3 Å². The molecule has 0 unspecified atom stereocenters. The molecule has 8 rings (SSSR count). The summed E-state index contributed by atoms with van der Waals surface area (Å²) < 4.78 is 49.5. The highest BCUT2D eigenvalue weighted by molar-refractivity contribution is 7.99. The Morgan fingerprint density at radius 3 is 1.15 bits per heavy atom. The van der Waals surface area contributed by atoms with Crippen molar-refractivity contribution in [3.8, 4) is 0 Å². The number of sulfone groups is 2. The topological polar surface area (TPSA) is 142 Å². The summed E-state index contributed by atoms with van der Waals surface area (Å²) in [6.07, 6.45) is 3.32. The largest absolute Gasteiger partial charge is 0.383 e.